The molecule has 1 aromatic rings. The highest BCUT2D eigenvalue weighted by Crippen LogP contribution is 2.40. The summed E-state index contributed by atoms with van der Waals surface area (Å²) in [5, 5.41) is 13.1. The number of amides is 1. The first-order valence-electron chi connectivity index (χ1n) is 7.89. The Hall–Kier alpha value is -1.92. The van der Waals surface area contributed by atoms with Crippen LogP contribution in [0.2, 0.25) is 0 Å². The van der Waals surface area contributed by atoms with Crippen LogP contribution in [0.1, 0.15) is 50.2 Å². The van der Waals surface area contributed by atoms with E-state index in [4.69, 9.17) is 4.52 Å². The highest BCUT2D eigenvalue weighted by Gasteiger charge is 2.47. The van der Waals surface area contributed by atoms with E-state index in [9.17, 15) is 14.7 Å². The number of aliphatic carboxylic acids is 1. The van der Waals surface area contributed by atoms with Crippen LogP contribution in [0.4, 0.5) is 0 Å². The van der Waals surface area contributed by atoms with Crippen LogP contribution in [0.15, 0.2) is 4.52 Å². The van der Waals surface area contributed by atoms with Crippen LogP contribution in [0.25, 0.3) is 0 Å². The zero-order valence-electron chi connectivity index (χ0n) is 12.7. The van der Waals surface area contributed by atoms with Gasteiger partial charge in [-0.2, -0.15) is 4.98 Å². The van der Waals surface area contributed by atoms with Gasteiger partial charge in [0.05, 0.1) is 0 Å². The fourth-order valence-corrected chi connectivity index (χ4v) is 3.82. The van der Waals surface area contributed by atoms with E-state index in [0.29, 0.717) is 30.5 Å². The van der Waals surface area contributed by atoms with Crippen molar-refractivity contribution >= 4 is 11.9 Å². The van der Waals surface area contributed by atoms with Crippen molar-refractivity contribution in [1.29, 1.82) is 0 Å². The maximum atomic E-state index is 12.6. The Bertz CT molecular complexity index is 571. The molecule has 120 valence electrons. The molecule has 0 aromatic carbocycles. The third-order valence-electron chi connectivity index (χ3n) is 4.78. The van der Waals surface area contributed by atoms with Crippen LogP contribution in [0, 0.1) is 12.8 Å². The predicted octanol–water partition coefficient (Wildman–Crippen LogP) is 1.55. The Morgan fingerprint density at radius 2 is 2.14 bits per heavy atom. The number of rotatable bonds is 4. The summed E-state index contributed by atoms with van der Waals surface area (Å²) in [5.41, 5.74) is 0. The number of fused-ring (bicyclic) bond motifs is 1. The van der Waals surface area contributed by atoms with Gasteiger partial charge in [-0.3, -0.25) is 4.79 Å². The molecule has 7 nitrogen and oxygen atoms in total. The molecule has 2 fully saturated rings. The van der Waals surface area contributed by atoms with Gasteiger partial charge in [-0.15, -0.1) is 0 Å². The Morgan fingerprint density at radius 1 is 1.36 bits per heavy atom. The van der Waals surface area contributed by atoms with Crippen molar-refractivity contribution < 1.29 is 19.2 Å². The van der Waals surface area contributed by atoms with Crippen molar-refractivity contribution in [2.45, 2.75) is 64.0 Å². The molecule has 1 N–H and O–H groups in total. The van der Waals surface area contributed by atoms with Crippen LogP contribution in [-0.4, -0.2) is 44.1 Å². The second-order valence-corrected chi connectivity index (χ2v) is 6.24. The highest BCUT2D eigenvalue weighted by atomic mass is 16.5. The number of aryl methyl sites for hydroxylation is 2. The van der Waals surface area contributed by atoms with Crippen LogP contribution in [0.5, 0.6) is 0 Å². The number of carboxylic acids is 1. The molecule has 0 spiro atoms. The molecule has 0 radical (unpaired) electrons. The molecular weight excluding hydrogens is 286 g/mol. The summed E-state index contributed by atoms with van der Waals surface area (Å²) >= 11 is 0. The van der Waals surface area contributed by atoms with Crippen LogP contribution in [0.3, 0.4) is 0 Å². The van der Waals surface area contributed by atoms with Crippen molar-refractivity contribution in [3.8, 4) is 0 Å². The molecule has 1 saturated heterocycles. The number of likely N-dealkylation sites (tertiary alicyclic amines) is 1. The Balaban J connectivity index is 1.69. The molecule has 1 amide bonds. The minimum atomic E-state index is -0.892. The lowest BCUT2D eigenvalue weighted by molar-refractivity contribution is -0.149. The van der Waals surface area contributed by atoms with E-state index in [1.54, 1.807) is 11.8 Å². The van der Waals surface area contributed by atoms with Gasteiger partial charge < -0.3 is 14.5 Å². The van der Waals surface area contributed by atoms with Crippen molar-refractivity contribution in [3.63, 3.8) is 0 Å². The second-order valence-electron chi connectivity index (χ2n) is 6.24. The average Bonchev–Trinajstić information content (AvgIpc) is 3.08. The normalized spacial score (nSPS) is 27.7. The van der Waals surface area contributed by atoms with E-state index in [1.807, 2.05) is 0 Å². The Morgan fingerprint density at radius 3 is 2.82 bits per heavy atom. The Kier molecular flexibility index (Phi) is 4.13. The second kappa shape index (κ2) is 6.06. The maximum absolute atomic E-state index is 12.6. The zero-order valence-corrected chi connectivity index (χ0v) is 12.7. The minimum absolute atomic E-state index is 0.0896. The van der Waals surface area contributed by atoms with E-state index < -0.39 is 12.0 Å². The summed E-state index contributed by atoms with van der Waals surface area (Å²) in [6.45, 7) is 1.72. The largest absolute Gasteiger partial charge is 0.480 e. The van der Waals surface area contributed by atoms with Crippen molar-refractivity contribution in [2.75, 3.05) is 0 Å². The first-order valence-corrected chi connectivity index (χ1v) is 7.89. The van der Waals surface area contributed by atoms with E-state index in [0.717, 1.165) is 25.7 Å². The number of hydrogen-bond acceptors (Lipinski definition) is 5. The molecule has 1 saturated carbocycles. The van der Waals surface area contributed by atoms with Gasteiger partial charge in [-0.25, -0.2) is 4.79 Å². The molecule has 2 aliphatic rings. The van der Waals surface area contributed by atoms with Crippen molar-refractivity contribution in [2.24, 2.45) is 5.92 Å². The highest BCUT2D eigenvalue weighted by molar-refractivity contribution is 5.84. The first kappa shape index (κ1) is 15.0. The summed E-state index contributed by atoms with van der Waals surface area (Å²) in [6.07, 6.45) is 5.32. The lowest BCUT2D eigenvalue weighted by Gasteiger charge is -2.33. The first-order chi connectivity index (χ1) is 10.6. The van der Waals surface area contributed by atoms with Gasteiger partial charge in [-0.05, 0) is 32.1 Å². The van der Waals surface area contributed by atoms with Gasteiger partial charge in [0, 0.05) is 18.9 Å². The molecule has 22 heavy (non-hydrogen) atoms. The maximum Gasteiger partial charge on any atom is 0.326 e. The van der Waals surface area contributed by atoms with Gasteiger partial charge in [0.2, 0.25) is 11.8 Å². The monoisotopic (exact) mass is 307 g/mol. The fourth-order valence-electron chi connectivity index (χ4n) is 3.82. The van der Waals surface area contributed by atoms with Gasteiger partial charge >= 0.3 is 5.97 Å². The van der Waals surface area contributed by atoms with Crippen LogP contribution < -0.4 is 0 Å². The number of nitrogens with zero attached hydrogens (tertiary/aromatic N) is 3. The SMILES string of the molecule is Cc1noc(CCC(=O)N2C(C(=O)O)CC3CCCCC32)n1. The van der Waals surface area contributed by atoms with Gasteiger partial charge in [0.15, 0.2) is 5.82 Å². The van der Waals surface area contributed by atoms with E-state index in [2.05, 4.69) is 10.1 Å². The lowest BCUT2D eigenvalue weighted by atomic mass is 9.84. The predicted molar refractivity (Wildman–Crippen MR) is 76.0 cm³/mol. The minimum Gasteiger partial charge on any atom is -0.480 e. The Labute approximate surface area is 128 Å². The number of hydrogen-bond donors (Lipinski definition) is 1. The number of carbonyl (C=O) groups excluding carboxylic acids is 1. The average molecular weight is 307 g/mol. The van der Waals surface area contributed by atoms with Gasteiger partial charge in [0.1, 0.15) is 6.04 Å². The molecule has 3 rings (SSSR count). The lowest BCUT2D eigenvalue weighted by Crippen LogP contribution is -2.46. The number of aromatic nitrogens is 2. The van der Waals surface area contributed by atoms with Gasteiger partial charge in [0.25, 0.3) is 0 Å². The molecule has 1 aliphatic heterocycles. The number of carboxylic acid groups (broad SMARTS) is 1. The summed E-state index contributed by atoms with van der Waals surface area (Å²) in [4.78, 5) is 29.8. The molecule has 0 bridgehead atoms. The third kappa shape index (κ3) is 2.84. The summed E-state index contributed by atoms with van der Waals surface area (Å²) in [6, 6.07) is -0.586. The van der Waals surface area contributed by atoms with Gasteiger partial charge in [-0.1, -0.05) is 18.0 Å². The van der Waals surface area contributed by atoms with Crippen LogP contribution >= 0.6 is 0 Å². The van der Waals surface area contributed by atoms with E-state index in [1.165, 1.54) is 0 Å². The standard InChI is InChI=1S/C15H21N3O4/c1-9-16-13(22-17-9)6-7-14(19)18-11-5-3-2-4-10(11)8-12(18)15(20)21/h10-12H,2-8H2,1H3,(H,20,21). The summed E-state index contributed by atoms with van der Waals surface area (Å²) < 4.78 is 5.01. The molecular formula is C15H21N3O4. The van der Waals surface area contributed by atoms with Crippen molar-refractivity contribution in [3.05, 3.63) is 11.7 Å². The zero-order chi connectivity index (χ0) is 15.7. The molecule has 3 atom stereocenters. The fraction of sp³-hybridized carbons (Fsp3) is 0.733. The third-order valence-corrected chi connectivity index (χ3v) is 4.78. The molecule has 7 heteroatoms. The molecule has 1 aliphatic carbocycles. The summed E-state index contributed by atoms with van der Waals surface area (Å²) in [7, 11) is 0. The smallest absolute Gasteiger partial charge is 0.326 e. The van der Waals surface area contributed by atoms with E-state index >= 15 is 0 Å². The topological polar surface area (TPSA) is 96.5 Å². The van der Waals surface area contributed by atoms with Crippen molar-refractivity contribution in [1.82, 2.24) is 15.0 Å². The quantitative estimate of drug-likeness (QED) is 0.906. The van der Waals surface area contributed by atoms with Crippen LogP contribution in [-0.2, 0) is 16.0 Å². The number of carbonyl (C=O) groups is 2. The summed E-state index contributed by atoms with van der Waals surface area (Å²) in [5.74, 6) is 0.301. The molecule has 1 aromatic heterocycles. The molecule has 2 heterocycles. The molecule has 3 unspecified atom stereocenters. The van der Waals surface area contributed by atoms with E-state index in [-0.39, 0.29) is 18.4 Å².